The highest BCUT2D eigenvalue weighted by Gasteiger charge is 2.32. The first-order valence-electron chi connectivity index (χ1n) is 5.20. The van der Waals surface area contributed by atoms with Crippen LogP contribution >= 0.6 is 0 Å². The summed E-state index contributed by atoms with van der Waals surface area (Å²) in [5.41, 5.74) is 11.6. The molecule has 94 valence electrons. The van der Waals surface area contributed by atoms with Gasteiger partial charge < -0.3 is 11.5 Å². The molecule has 1 aromatic carbocycles. The summed E-state index contributed by atoms with van der Waals surface area (Å²) >= 11 is 0. The molecule has 4 N–H and O–H groups in total. The lowest BCUT2D eigenvalue weighted by molar-refractivity contribution is -0.117. The molecule has 1 amide bonds. The Morgan fingerprint density at radius 1 is 1.41 bits per heavy atom. The van der Waals surface area contributed by atoms with Gasteiger partial charge in [0.25, 0.3) is 0 Å². The molecule has 1 aromatic rings. The van der Waals surface area contributed by atoms with Crippen LogP contribution in [0.1, 0.15) is 18.9 Å². The minimum Gasteiger partial charge on any atom is -0.398 e. The number of primary amides is 1. The fourth-order valence-corrected chi connectivity index (χ4v) is 3.53. The summed E-state index contributed by atoms with van der Waals surface area (Å²) < 4.78 is 24.4. The van der Waals surface area contributed by atoms with Gasteiger partial charge in [-0.1, -0.05) is 13.0 Å². The van der Waals surface area contributed by atoms with Gasteiger partial charge in [-0.3, -0.25) is 4.79 Å². The number of sulfone groups is 1. The first-order chi connectivity index (χ1) is 7.82. The van der Waals surface area contributed by atoms with Crippen molar-refractivity contribution in [3.05, 3.63) is 23.8 Å². The van der Waals surface area contributed by atoms with E-state index in [2.05, 4.69) is 0 Å². The predicted molar refractivity (Wildman–Crippen MR) is 66.1 cm³/mol. The van der Waals surface area contributed by atoms with Gasteiger partial charge >= 0.3 is 0 Å². The van der Waals surface area contributed by atoms with E-state index in [1.54, 1.807) is 26.0 Å². The molecule has 0 heterocycles. The molecule has 0 spiro atoms. The van der Waals surface area contributed by atoms with E-state index in [-0.39, 0.29) is 11.3 Å². The van der Waals surface area contributed by atoms with Gasteiger partial charge in [0.1, 0.15) is 5.25 Å². The number of amides is 1. The zero-order valence-corrected chi connectivity index (χ0v) is 10.6. The van der Waals surface area contributed by atoms with Crippen LogP contribution < -0.4 is 11.5 Å². The second kappa shape index (κ2) is 4.75. The summed E-state index contributed by atoms with van der Waals surface area (Å²) in [5, 5.41) is -1.21. The molecule has 0 aliphatic carbocycles. The van der Waals surface area contributed by atoms with Crippen LogP contribution in [0.25, 0.3) is 0 Å². The third-order valence-electron chi connectivity index (χ3n) is 2.70. The maximum absolute atomic E-state index is 12.2. The summed E-state index contributed by atoms with van der Waals surface area (Å²) in [4.78, 5) is 11.2. The van der Waals surface area contributed by atoms with Gasteiger partial charge in [0, 0.05) is 5.69 Å². The molecule has 0 saturated carbocycles. The maximum Gasteiger partial charge on any atom is 0.236 e. The number of hydrogen-bond donors (Lipinski definition) is 2. The summed E-state index contributed by atoms with van der Waals surface area (Å²) in [5.74, 6) is -0.839. The number of carbonyl (C=O) groups excluding carboxylic acids is 1. The summed E-state index contributed by atoms with van der Waals surface area (Å²) in [6.07, 6.45) is 0.145. The van der Waals surface area contributed by atoms with Crippen LogP contribution in [0.3, 0.4) is 0 Å². The Morgan fingerprint density at radius 3 is 2.47 bits per heavy atom. The van der Waals surface area contributed by atoms with Gasteiger partial charge in [0.2, 0.25) is 5.91 Å². The van der Waals surface area contributed by atoms with Crippen LogP contribution in [0.4, 0.5) is 5.69 Å². The van der Waals surface area contributed by atoms with Crippen LogP contribution in [-0.4, -0.2) is 19.6 Å². The average Bonchev–Trinajstić information content (AvgIpc) is 2.21. The Hall–Kier alpha value is -1.56. The molecule has 6 heteroatoms. The highest BCUT2D eigenvalue weighted by molar-refractivity contribution is 7.92. The number of nitrogens with two attached hydrogens (primary N) is 2. The summed E-state index contributed by atoms with van der Waals surface area (Å²) in [6, 6.07) is 4.59. The van der Waals surface area contributed by atoms with Crippen LogP contribution in [0.15, 0.2) is 23.1 Å². The number of nitrogen functional groups attached to an aromatic ring is 1. The Bertz CT molecular complexity index is 538. The zero-order valence-electron chi connectivity index (χ0n) is 9.80. The van der Waals surface area contributed by atoms with Gasteiger partial charge in [-0.05, 0) is 31.0 Å². The van der Waals surface area contributed by atoms with Crippen molar-refractivity contribution in [2.24, 2.45) is 5.73 Å². The van der Waals surface area contributed by atoms with Crippen molar-refractivity contribution in [3.8, 4) is 0 Å². The van der Waals surface area contributed by atoms with Crippen molar-refractivity contribution in [1.82, 2.24) is 0 Å². The van der Waals surface area contributed by atoms with Crippen molar-refractivity contribution >= 4 is 21.4 Å². The topological polar surface area (TPSA) is 103 Å². The van der Waals surface area contributed by atoms with E-state index in [9.17, 15) is 13.2 Å². The molecule has 1 atom stereocenters. The first kappa shape index (κ1) is 13.5. The number of carbonyl (C=O) groups is 1. The minimum absolute atomic E-state index is 0.0724. The number of hydrogen-bond acceptors (Lipinski definition) is 4. The van der Waals surface area contributed by atoms with Crippen molar-refractivity contribution in [2.75, 3.05) is 5.73 Å². The molecular weight excluding hydrogens is 240 g/mol. The molecule has 0 fully saturated rings. The Labute approximate surface area is 101 Å². The van der Waals surface area contributed by atoms with Gasteiger partial charge in [0.05, 0.1) is 4.90 Å². The Balaban J connectivity index is 3.41. The predicted octanol–water partition coefficient (Wildman–Crippen LogP) is 0.615. The minimum atomic E-state index is -3.76. The van der Waals surface area contributed by atoms with Gasteiger partial charge in [-0.25, -0.2) is 8.42 Å². The number of rotatable bonds is 4. The molecule has 0 aliphatic rings. The molecule has 0 saturated heterocycles. The monoisotopic (exact) mass is 256 g/mol. The molecule has 0 radical (unpaired) electrons. The highest BCUT2D eigenvalue weighted by atomic mass is 32.2. The van der Waals surface area contributed by atoms with Crippen molar-refractivity contribution < 1.29 is 13.2 Å². The van der Waals surface area contributed by atoms with E-state index >= 15 is 0 Å². The molecule has 5 nitrogen and oxygen atoms in total. The van der Waals surface area contributed by atoms with E-state index in [1.165, 1.54) is 6.07 Å². The smallest absolute Gasteiger partial charge is 0.236 e. The van der Waals surface area contributed by atoms with E-state index in [4.69, 9.17) is 11.5 Å². The fraction of sp³-hybridized carbons (Fsp3) is 0.364. The standard InChI is InChI=1S/C11H16N2O3S/c1-3-9(11(13)14)17(15,16)10-6-4-5-8(12)7(10)2/h4-6,9H,3,12H2,1-2H3,(H2,13,14). The average molecular weight is 256 g/mol. The largest absolute Gasteiger partial charge is 0.398 e. The van der Waals surface area contributed by atoms with E-state index < -0.39 is 21.0 Å². The maximum atomic E-state index is 12.2. The van der Waals surface area contributed by atoms with Crippen molar-refractivity contribution in [3.63, 3.8) is 0 Å². The number of anilines is 1. The molecule has 17 heavy (non-hydrogen) atoms. The summed E-state index contributed by atoms with van der Waals surface area (Å²) in [6.45, 7) is 3.21. The van der Waals surface area contributed by atoms with Crippen LogP contribution in [0.5, 0.6) is 0 Å². The lowest BCUT2D eigenvalue weighted by Gasteiger charge is -2.15. The third kappa shape index (κ3) is 2.41. The Morgan fingerprint density at radius 2 is 2.00 bits per heavy atom. The molecule has 1 rings (SSSR count). The van der Waals surface area contributed by atoms with Crippen LogP contribution in [0.2, 0.25) is 0 Å². The van der Waals surface area contributed by atoms with Gasteiger partial charge in [0.15, 0.2) is 9.84 Å². The van der Waals surface area contributed by atoms with E-state index in [0.717, 1.165) is 0 Å². The summed E-state index contributed by atoms with van der Waals surface area (Å²) in [7, 11) is -3.76. The molecular formula is C11H16N2O3S. The second-order valence-electron chi connectivity index (χ2n) is 3.81. The molecule has 0 bridgehead atoms. The normalized spacial score (nSPS) is 13.3. The SMILES string of the molecule is CCC(C(N)=O)S(=O)(=O)c1cccc(N)c1C. The lowest BCUT2D eigenvalue weighted by atomic mass is 10.2. The lowest BCUT2D eigenvalue weighted by Crippen LogP contribution is -2.35. The van der Waals surface area contributed by atoms with E-state index in [1.807, 2.05) is 0 Å². The number of benzene rings is 1. The fourth-order valence-electron chi connectivity index (χ4n) is 1.67. The van der Waals surface area contributed by atoms with E-state index in [0.29, 0.717) is 11.3 Å². The van der Waals surface area contributed by atoms with Crippen molar-refractivity contribution in [2.45, 2.75) is 30.4 Å². The van der Waals surface area contributed by atoms with Gasteiger partial charge in [-0.2, -0.15) is 0 Å². The third-order valence-corrected chi connectivity index (χ3v) is 5.07. The highest BCUT2D eigenvalue weighted by Crippen LogP contribution is 2.25. The van der Waals surface area contributed by atoms with Crippen LogP contribution in [0, 0.1) is 6.92 Å². The van der Waals surface area contributed by atoms with Crippen molar-refractivity contribution in [1.29, 1.82) is 0 Å². The molecule has 1 unspecified atom stereocenters. The second-order valence-corrected chi connectivity index (χ2v) is 5.91. The first-order valence-corrected chi connectivity index (χ1v) is 6.75. The molecule has 0 aliphatic heterocycles. The van der Waals surface area contributed by atoms with Gasteiger partial charge in [-0.15, -0.1) is 0 Å². The Kier molecular flexibility index (Phi) is 3.77. The molecule has 0 aromatic heterocycles. The zero-order chi connectivity index (χ0) is 13.2. The van der Waals surface area contributed by atoms with Crippen LogP contribution in [-0.2, 0) is 14.6 Å². The quantitative estimate of drug-likeness (QED) is 0.770.